The van der Waals surface area contributed by atoms with Gasteiger partial charge < -0.3 is 37.4 Å². The zero-order valence-electron chi connectivity index (χ0n) is 26.3. The molecule has 0 bridgehead atoms. The molecule has 0 fully saturated rings. The van der Waals surface area contributed by atoms with Crippen LogP contribution in [-0.4, -0.2) is 45.2 Å². The number of nitrogens with zero attached hydrogens (tertiary/aromatic N) is 1. The first kappa shape index (κ1) is 29.3. The molecule has 0 unspecified atom stereocenters. The van der Waals surface area contributed by atoms with Gasteiger partial charge >= 0.3 is 5.63 Å². The molecule has 9 heteroatoms. The molecule has 0 atom stereocenters. The van der Waals surface area contributed by atoms with Gasteiger partial charge in [-0.15, -0.1) is 0 Å². The lowest BCUT2D eigenvalue weighted by atomic mass is 9.91. The van der Waals surface area contributed by atoms with Gasteiger partial charge in [0.15, 0.2) is 34.5 Å². The Morgan fingerprint density at radius 1 is 0.727 bits per heavy atom. The summed E-state index contributed by atoms with van der Waals surface area (Å²) in [4.78, 5) is 13.9. The molecule has 3 aromatic carbocycles. The topological polar surface area (TPSA) is 90.5 Å². The summed E-state index contributed by atoms with van der Waals surface area (Å²) >= 11 is 0. The first-order valence-electron chi connectivity index (χ1n) is 14.7. The fourth-order valence-electron chi connectivity index (χ4n) is 6.11. The van der Waals surface area contributed by atoms with Gasteiger partial charge in [-0.1, -0.05) is 6.07 Å². The van der Waals surface area contributed by atoms with Crippen LogP contribution in [0.2, 0.25) is 0 Å². The fourth-order valence-corrected chi connectivity index (χ4v) is 6.11. The number of aromatic nitrogens is 1. The number of hydrogen-bond donors (Lipinski definition) is 0. The number of fused-ring (bicyclic) bond motifs is 7. The number of rotatable bonds is 9. The maximum absolute atomic E-state index is 13.9. The van der Waals surface area contributed by atoms with Crippen LogP contribution in [0.5, 0.6) is 34.5 Å². The first-order chi connectivity index (χ1) is 21.2. The highest BCUT2D eigenvalue weighted by Gasteiger charge is 2.31. The van der Waals surface area contributed by atoms with Crippen LogP contribution in [0.4, 0.5) is 0 Å². The van der Waals surface area contributed by atoms with E-state index in [0.717, 1.165) is 38.7 Å². The van der Waals surface area contributed by atoms with Crippen LogP contribution in [-0.2, 0) is 13.0 Å². The zero-order valence-corrected chi connectivity index (χ0v) is 26.3. The molecule has 230 valence electrons. The quantitative estimate of drug-likeness (QED) is 0.164. The van der Waals surface area contributed by atoms with Gasteiger partial charge in [0.25, 0.3) is 0 Å². The molecule has 0 saturated heterocycles. The molecule has 9 nitrogen and oxygen atoms in total. The normalized spacial score (nSPS) is 12.4. The molecule has 6 rings (SSSR count). The predicted molar refractivity (Wildman–Crippen MR) is 170 cm³/mol. The summed E-state index contributed by atoms with van der Waals surface area (Å²) in [7, 11) is 6.47. The van der Waals surface area contributed by atoms with Gasteiger partial charge in [0.1, 0.15) is 11.1 Å². The molecule has 0 radical (unpaired) electrons. The van der Waals surface area contributed by atoms with E-state index in [1.54, 1.807) is 34.5 Å². The lowest BCUT2D eigenvalue weighted by Gasteiger charge is -2.23. The van der Waals surface area contributed by atoms with Gasteiger partial charge in [-0.25, -0.2) is 4.79 Å². The summed E-state index contributed by atoms with van der Waals surface area (Å²) in [5.74, 6) is 3.52. The second-order valence-corrected chi connectivity index (χ2v) is 11.3. The molecule has 0 aliphatic carbocycles. The van der Waals surface area contributed by atoms with E-state index in [-0.39, 0.29) is 12.2 Å². The third-order valence-corrected chi connectivity index (χ3v) is 7.84. The number of hydrogen-bond acceptors (Lipinski definition) is 8. The van der Waals surface area contributed by atoms with Crippen molar-refractivity contribution in [1.82, 2.24) is 4.57 Å². The fraction of sp³-hybridized carbons (Fsp3) is 0.343. The molecule has 0 N–H and O–H groups in total. The predicted octanol–water partition coefficient (Wildman–Crippen LogP) is 7.25. The molecule has 3 heterocycles. The third kappa shape index (κ3) is 4.76. The lowest BCUT2D eigenvalue weighted by molar-refractivity contribution is 0.230. The molecule has 5 aromatic rings. The van der Waals surface area contributed by atoms with E-state index < -0.39 is 5.63 Å². The summed E-state index contributed by atoms with van der Waals surface area (Å²) in [6, 6.07) is 13.5. The van der Waals surface area contributed by atoms with Crippen molar-refractivity contribution in [3.05, 3.63) is 58.4 Å². The Kier molecular flexibility index (Phi) is 7.57. The van der Waals surface area contributed by atoms with Crippen molar-refractivity contribution in [3.63, 3.8) is 0 Å². The molecule has 1 aliphatic heterocycles. The number of aryl methyl sites for hydroxylation is 2. The van der Waals surface area contributed by atoms with Gasteiger partial charge in [0.05, 0.1) is 46.3 Å². The minimum Gasteiger partial charge on any atom is -0.493 e. The van der Waals surface area contributed by atoms with Gasteiger partial charge in [-0.05, 0) is 75.6 Å². The van der Waals surface area contributed by atoms with E-state index in [2.05, 4.69) is 4.57 Å². The monoisotopic (exact) mass is 599 g/mol. The van der Waals surface area contributed by atoms with Gasteiger partial charge in [0.2, 0.25) is 0 Å². The van der Waals surface area contributed by atoms with Gasteiger partial charge in [0, 0.05) is 34.5 Å². The van der Waals surface area contributed by atoms with Crippen molar-refractivity contribution in [3.8, 4) is 56.9 Å². The summed E-state index contributed by atoms with van der Waals surface area (Å²) < 4.78 is 43.0. The van der Waals surface area contributed by atoms with Crippen LogP contribution in [0.15, 0.2) is 51.7 Å². The SMILES string of the molecule is COc1cc2c(cc1OC)-c1c(-c3ccc(OC(C)C)c(OC)c3)c3c4cc(OC)c(OC(C)C)cc4oc(=O)c3n1CC2. The van der Waals surface area contributed by atoms with Crippen LogP contribution in [0.3, 0.4) is 0 Å². The van der Waals surface area contributed by atoms with Crippen molar-refractivity contribution in [2.45, 2.75) is 52.9 Å². The molecule has 1 aliphatic rings. The van der Waals surface area contributed by atoms with E-state index in [1.807, 2.05) is 64.1 Å². The summed E-state index contributed by atoms with van der Waals surface area (Å²) in [6.07, 6.45) is 0.561. The molecule has 2 aromatic heterocycles. The molecule has 0 saturated carbocycles. The second kappa shape index (κ2) is 11.4. The van der Waals surface area contributed by atoms with Crippen LogP contribution in [0, 0.1) is 0 Å². The van der Waals surface area contributed by atoms with Crippen LogP contribution >= 0.6 is 0 Å². The smallest absolute Gasteiger partial charge is 0.361 e. The highest BCUT2D eigenvalue weighted by Crippen LogP contribution is 2.50. The van der Waals surface area contributed by atoms with Crippen LogP contribution in [0.25, 0.3) is 44.3 Å². The average Bonchev–Trinajstić information content (AvgIpc) is 3.36. The van der Waals surface area contributed by atoms with E-state index in [1.165, 1.54) is 0 Å². The Morgan fingerprint density at radius 2 is 1.34 bits per heavy atom. The van der Waals surface area contributed by atoms with Crippen molar-refractivity contribution >= 4 is 21.9 Å². The minimum absolute atomic E-state index is 0.0320. The maximum Gasteiger partial charge on any atom is 0.361 e. The Balaban J connectivity index is 1.77. The molecule has 44 heavy (non-hydrogen) atoms. The Bertz CT molecular complexity index is 1950. The number of benzene rings is 3. The Hall–Kier alpha value is -4.79. The van der Waals surface area contributed by atoms with E-state index >= 15 is 0 Å². The third-order valence-electron chi connectivity index (χ3n) is 7.84. The highest BCUT2D eigenvalue weighted by atomic mass is 16.5. The summed E-state index contributed by atoms with van der Waals surface area (Å²) in [5.41, 5.74) is 5.07. The van der Waals surface area contributed by atoms with Gasteiger partial charge in [-0.2, -0.15) is 0 Å². The summed E-state index contributed by atoms with van der Waals surface area (Å²) in [6.45, 7) is 8.38. The van der Waals surface area contributed by atoms with Crippen LogP contribution < -0.4 is 34.0 Å². The molecular formula is C35H37NO8. The molecule has 0 amide bonds. The van der Waals surface area contributed by atoms with E-state index in [0.29, 0.717) is 58.6 Å². The maximum atomic E-state index is 13.9. The second-order valence-electron chi connectivity index (χ2n) is 11.3. The Morgan fingerprint density at radius 3 is 2.00 bits per heavy atom. The van der Waals surface area contributed by atoms with Crippen LogP contribution in [0.1, 0.15) is 33.3 Å². The molecular weight excluding hydrogens is 562 g/mol. The lowest BCUT2D eigenvalue weighted by Crippen LogP contribution is -2.15. The van der Waals surface area contributed by atoms with Crippen molar-refractivity contribution in [1.29, 1.82) is 0 Å². The summed E-state index contributed by atoms with van der Waals surface area (Å²) in [5, 5.41) is 1.48. The highest BCUT2D eigenvalue weighted by molar-refractivity contribution is 6.17. The average molecular weight is 600 g/mol. The minimum atomic E-state index is -0.434. The number of methoxy groups -OCH3 is 4. The van der Waals surface area contributed by atoms with E-state index in [4.69, 9.17) is 32.8 Å². The first-order valence-corrected chi connectivity index (χ1v) is 14.7. The molecule has 0 spiro atoms. The zero-order chi connectivity index (χ0) is 31.3. The number of ether oxygens (including phenoxy) is 6. The van der Waals surface area contributed by atoms with Crippen molar-refractivity contribution < 1.29 is 32.8 Å². The van der Waals surface area contributed by atoms with Gasteiger partial charge in [-0.3, -0.25) is 0 Å². The van der Waals surface area contributed by atoms with Crippen molar-refractivity contribution in [2.24, 2.45) is 0 Å². The standard InChI is InChI=1S/C35H37NO8/c1-18(2)42-24-10-9-21(14-26(24)38-5)31-32-23-16-29(41-8)30(43-19(3)4)17-25(23)44-35(37)34(32)36-12-11-20-13-27(39-6)28(40-7)15-22(20)33(31)36/h9-10,13-19H,11-12H2,1-8H3. The van der Waals surface area contributed by atoms with E-state index in [9.17, 15) is 4.79 Å². The Labute approximate surface area is 255 Å². The van der Waals surface area contributed by atoms with Crippen molar-refractivity contribution in [2.75, 3.05) is 28.4 Å². The largest absolute Gasteiger partial charge is 0.493 e.